The Balaban J connectivity index is 1.36. The monoisotopic (exact) mass is 554 g/mol. The number of nitrogens with zero attached hydrogens (tertiary/aromatic N) is 6. The van der Waals surface area contributed by atoms with E-state index in [1.165, 1.54) is 35.7 Å². The first-order valence-corrected chi connectivity index (χ1v) is 13.1. The van der Waals surface area contributed by atoms with Crippen molar-refractivity contribution < 1.29 is 24.1 Å². The summed E-state index contributed by atoms with van der Waals surface area (Å²) >= 11 is 1.40. The maximum Gasteiger partial charge on any atom is 0.411 e. The molecular formula is C28H22N6O5S. The van der Waals surface area contributed by atoms with E-state index in [9.17, 15) is 15.2 Å². The number of amides is 1. The summed E-state index contributed by atoms with van der Waals surface area (Å²) in [5.41, 5.74) is 5.10. The standard InChI is InChI=1S/C28H22N6O5S/c1-14-6-21-25(38-13-18(39-21)12-34(28(35)36)17-5-4-15(2)30-10-17)26-23(14)33-27(40-26)19-7-16(9-29)8-20-24(19)31-11-22(32-20)37-3/h4-8,10-11,18H,12-13H2,1-3H3,(H,35,36)/t18-/m1/s1. The molecule has 1 amide bonds. The van der Waals surface area contributed by atoms with E-state index in [1.54, 1.807) is 24.3 Å². The van der Waals surface area contributed by atoms with Crippen LogP contribution in [0.5, 0.6) is 17.4 Å². The molecule has 11 nitrogen and oxygen atoms in total. The van der Waals surface area contributed by atoms with Crippen LogP contribution in [-0.4, -0.2) is 57.5 Å². The number of ether oxygens (including phenoxy) is 3. The topological polar surface area (TPSA) is 144 Å². The highest BCUT2D eigenvalue weighted by atomic mass is 32.1. The average molecular weight is 555 g/mol. The first-order valence-electron chi connectivity index (χ1n) is 12.3. The number of methoxy groups -OCH3 is 1. The zero-order valence-corrected chi connectivity index (χ0v) is 22.5. The molecule has 0 unspecified atom stereocenters. The lowest BCUT2D eigenvalue weighted by molar-refractivity contribution is 0.0961. The predicted octanol–water partition coefficient (Wildman–Crippen LogP) is 5.12. The second-order valence-electron chi connectivity index (χ2n) is 9.24. The first kappa shape index (κ1) is 25.3. The van der Waals surface area contributed by atoms with Crippen LogP contribution in [0.4, 0.5) is 10.5 Å². The molecule has 200 valence electrons. The number of pyridine rings is 1. The Bertz CT molecular complexity index is 1830. The highest BCUT2D eigenvalue weighted by Crippen LogP contribution is 2.46. The van der Waals surface area contributed by atoms with E-state index in [4.69, 9.17) is 19.2 Å². The van der Waals surface area contributed by atoms with Crippen molar-refractivity contribution >= 4 is 44.4 Å². The van der Waals surface area contributed by atoms with Crippen LogP contribution in [0, 0.1) is 25.2 Å². The van der Waals surface area contributed by atoms with Crippen molar-refractivity contribution in [1.29, 1.82) is 5.26 Å². The SMILES string of the molecule is COc1cnc2c(-c3nc4c(C)cc5c(c4s3)OC[C@@H](CN(C(=O)O)c3ccc(C)nc3)O5)cc(C#N)cc2n1. The van der Waals surface area contributed by atoms with Gasteiger partial charge in [0.05, 0.1) is 59.9 Å². The zero-order valence-electron chi connectivity index (χ0n) is 21.7. The van der Waals surface area contributed by atoms with Gasteiger partial charge in [0.25, 0.3) is 0 Å². The van der Waals surface area contributed by atoms with Crippen molar-refractivity contribution in [1.82, 2.24) is 19.9 Å². The maximum absolute atomic E-state index is 12.0. The number of hydrogen-bond acceptors (Lipinski definition) is 10. The summed E-state index contributed by atoms with van der Waals surface area (Å²) in [7, 11) is 1.51. The number of anilines is 1. The molecule has 2 aromatic carbocycles. The average Bonchev–Trinajstić information content (AvgIpc) is 3.41. The molecule has 1 atom stereocenters. The Kier molecular flexibility index (Phi) is 6.28. The van der Waals surface area contributed by atoms with E-state index < -0.39 is 12.2 Å². The van der Waals surface area contributed by atoms with Crippen molar-refractivity contribution in [2.45, 2.75) is 20.0 Å². The van der Waals surface area contributed by atoms with Crippen LogP contribution in [0.2, 0.25) is 0 Å². The first-order chi connectivity index (χ1) is 19.3. The lowest BCUT2D eigenvalue weighted by Gasteiger charge is -2.30. The number of aromatic nitrogens is 4. The molecule has 0 radical (unpaired) electrons. The fourth-order valence-corrected chi connectivity index (χ4v) is 5.70. The summed E-state index contributed by atoms with van der Waals surface area (Å²) in [4.78, 5) is 31.3. The van der Waals surface area contributed by atoms with Crippen molar-refractivity contribution in [3.8, 4) is 34.0 Å². The maximum atomic E-state index is 12.0. The fraction of sp³-hybridized carbons (Fsp3) is 0.214. The Morgan fingerprint density at radius 2 is 2.05 bits per heavy atom. The van der Waals surface area contributed by atoms with Crippen LogP contribution in [0.1, 0.15) is 16.8 Å². The van der Waals surface area contributed by atoms with Gasteiger partial charge in [0.1, 0.15) is 16.3 Å². The molecule has 5 aromatic rings. The highest BCUT2D eigenvalue weighted by Gasteiger charge is 2.30. The van der Waals surface area contributed by atoms with Gasteiger partial charge in [-0.25, -0.2) is 19.7 Å². The number of aryl methyl sites for hydroxylation is 2. The summed E-state index contributed by atoms with van der Waals surface area (Å²) < 4.78 is 18.4. The number of carbonyl (C=O) groups is 1. The lowest BCUT2D eigenvalue weighted by Crippen LogP contribution is -2.43. The lowest BCUT2D eigenvalue weighted by atomic mass is 10.1. The molecule has 0 bridgehead atoms. The van der Waals surface area contributed by atoms with Gasteiger partial charge in [0, 0.05) is 11.3 Å². The van der Waals surface area contributed by atoms with Crippen molar-refractivity contribution in [2.75, 3.05) is 25.2 Å². The molecule has 0 aliphatic carbocycles. The van der Waals surface area contributed by atoms with Crippen molar-refractivity contribution in [3.63, 3.8) is 0 Å². The van der Waals surface area contributed by atoms with Gasteiger partial charge in [0.2, 0.25) is 5.88 Å². The molecule has 0 spiro atoms. The summed E-state index contributed by atoms with van der Waals surface area (Å²) in [6.07, 6.45) is 1.42. The minimum absolute atomic E-state index is 0.0691. The molecule has 1 aliphatic rings. The number of nitriles is 1. The molecule has 1 N–H and O–H groups in total. The largest absolute Gasteiger partial charge is 0.484 e. The van der Waals surface area contributed by atoms with Crippen LogP contribution in [0.25, 0.3) is 31.8 Å². The summed E-state index contributed by atoms with van der Waals surface area (Å²) in [5, 5.41) is 20.1. The van der Waals surface area contributed by atoms with Crippen LogP contribution < -0.4 is 19.1 Å². The van der Waals surface area contributed by atoms with E-state index in [0.717, 1.165) is 21.5 Å². The minimum atomic E-state index is -1.11. The molecule has 12 heteroatoms. The van der Waals surface area contributed by atoms with Crippen LogP contribution in [0.3, 0.4) is 0 Å². The van der Waals surface area contributed by atoms with Gasteiger partial charge in [-0.3, -0.25) is 9.88 Å². The number of benzene rings is 2. The van der Waals surface area contributed by atoms with Gasteiger partial charge < -0.3 is 19.3 Å². The molecule has 0 saturated carbocycles. The van der Waals surface area contributed by atoms with Gasteiger partial charge >= 0.3 is 6.09 Å². The second-order valence-corrected chi connectivity index (χ2v) is 10.2. The quantitative estimate of drug-likeness (QED) is 0.311. The van der Waals surface area contributed by atoms with Crippen molar-refractivity contribution in [3.05, 3.63) is 59.5 Å². The third-order valence-electron chi connectivity index (χ3n) is 6.50. The fourth-order valence-electron chi connectivity index (χ4n) is 4.55. The van der Waals surface area contributed by atoms with E-state index in [-0.39, 0.29) is 13.2 Å². The van der Waals surface area contributed by atoms with Gasteiger partial charge in [0.15, 0.2) is 17.6 Å². The van der Waals surface area contributed by atoms with Gasteiger partial charge in [-0.1, -0.05) is 0 Å². The van der Waals surface area contributed by atoms with Crippen molar-refractivity contribution in [2.24, 2.45) is 0 Å². The molecule has 0 fully saturated rings. The third-order valence-corrected chi connectivity index (χ3v) is 7.59. The normalized spacial score (nSPS) is 14.2. The van der Waals surface area contributed by atoms with Crippen LogP contribution in [-0.2, 0) is 0 Å². The number of carboxylic acid groups (broad SMARTS) is 1. The molecule has 6 rings (SSSR count). The van der Waals surface area contributed by atoms with Gasteiger partial charge in [-0.05, 0) is 49.7 Å². The molecule has 40 heavy (non-hydrogen) atoms. The van der Waals surface area contributed by atoms with E-state index >= 15 is 0 Å². The number of thiazole rings is 1. The van der Waals surface area contributed by atoms with E-state index in [2.05, 4.69) is 21.0 Å². The number of rotatable bonds is 5. The summed E-state index contributed by atoms with van der Waals surface area (Å²) in [6.45, 7) is 3.99. The van der Waals surface area contributed by atoms with Crippen LogP contribution in [0.15, 0.2) is 42.7 Å². The number of fused-ring (bicyclic) bond motifs is 4. The Hall–Kier alpha value is -5.02. The van der Waals surface area contributed by atoms with E-state index in [0.29, 0.717) is 50.2 Å². The van der Waals surface area contributed by atoms with Gasteiger partial charge in [-0.15, -0.1) is 11.3 Å². The Morgan fingerprint density at radius 1 is 1.20 bits per heavy atom. The number of hydrogen-bond donors (Lipinski definition) is 1. The Morgan fingerprint density at radius 3 is 2.77 bits per heavy atom. The van der Waals surface area contributed by atoms with Gasteiger partial charge in [-0.2, -0.15) is 5.26 Å². The molecule has 3 aromatic heterocycles. The Labute approximate surface area is 232 Å². The molecule has 4 heterocycles. The summed E-state index contributed by atoms with van der Waals surface area (Å²) in [6, 6.07) is 10.9. The molecule has 0 saturated heterocycles. The van der Waals surface area contributed by atoms with Crippen LogP contribution >= 0.6 is 11.3 Å². The molecular weight excluding hydrogens is 532 g/mol. The highest BCUT2D eigenvalue weighted by molar-refractivity contribution is 7.22. The zero-order chi connectivity index (χ0) is 28.0. The van der Waals surface area contributed by atoms with E-state index in [1.807, 2.05) is 19.9 Å². The molecule has 1 aliphatic heterocycles. The summed E-state index contributed by atoms with van der Waals surface area (Å²) in [5.74, 6) is 1.42. The predicted molar refractivity (Wildman–Crippen MR) is 148 cm³/mol. The minimum Gasteiger partial charge on any atom is -0.484 e. The smallest absolute Gasteiger partial charge is 0.411 e. The second kappa shape index (κ2) is 9.94. The third kappa shape index (κ3) is 4.46.